The van der Waals surface area contributed by atoms with E-state index >= 15 is 0 Å². The Labute approximate surface area is 147 Å². The Balaban J connectivity index is 2.45. The summed E-state index contributed by atoms with van der Waals surface area (Å²) < 4.78 is 10.7. The van der Waals surface area contributed by atoms with Gasteiger partial charge < -0.3 is 24.8 Å². The molecule has 2 amide bonds. The zero-order valence-corrected chi connectivity index (χ0v) is 14.9. The van der Waals surface area contributed by atoms with Gasteiger partial charge in [-0.1, -0.05) is 0 Å². The Morgan fingerprint density at radius 2 is 2.12 bits per heavy atom. The number of aliphatic hydroxyl groups excluding tert-OH is 1. The number of piperidine rings is 1. The van der Waals surface area contributed by atoms with Gasteiger partial charge in [0, 0.05) is 31.1 Å². The van der Waals surface area contributed by atoms with E-state index in [4.69, 9.17) is 14.6 Å². The van der Waals surface area contributed by atoms with Gasteiger partial charge in [-0.25, -0.2) is 0 Å². The lowest BCUT2D eigenvalue weighted by molar-refractivity contribution is -0.143. The molecule has 2 atom stereocenters. The quantitative estimate of drug-likeness (QED) is 0.769. The first-order valence-electron chi connectivity index (χ1n) is 8.47. The molecule has 1 saturated heterocycles. The summed E-state index contributed by atoms with van der Waals surface area (Å²) in [6.07, 6.45) is 0.798. The van der Waals surface area contributed by atoms with Crippen molar-refractivity contribution in [1.82, 2.24) is 10.2 Å². The van der Waals surface area contributed by atoms with Crippen LogP contribution in [0.5, 0.6) is 11.5 Å². The molecule has 1 heterocycles. The highest BCUT2D eigenvalue weighted by Gasteiger charge is 2.41. The summed E-state index contributed by atoms with van der Waals surface area (Å²) in [4.78, 5) is 26.7. The number of hydrogen-bond acceptors (Lipinski definition) is 5. The van der Waals surface area contributed by atoms with Gasteiger partial charge in [0.25, 0.3) is 0 Å². The SMILES string of the molecule is CCN1C(=O)CC[C@@H](C(=O)NCCO)[C@@H]1c1ccc(OC)cc1OC. The fraction of sp³-hybridized carbons (Fsp3) is 0.556. The Morgan fingerprint density at radius 3 is 2.72 bits per heavy atom. The van der Waals surface area contributed by atoms with Crippen LogP contribution in [0.2, 0.25) is 0 Å². The molecule has 1 aliphatic rings. The topological polar surface area (TPSA) is 88.1 Å². The maximum absolute atomic E-state index is 12.6. The van der Waals surface area contributed by atoms with Crippen LogP contribution in [0.4, 0.5) is 0 Å². The highest BCUT2D eigenvalue weighted by molar-refractivity contribution is 5.85. The average molecular weight is 350 g/mol. The predicted octanol–water partition coefficient (Wildman–Crippen LogP) is 1.11. The number of amides is 2. The van der Waals surface area contributed by atoms with Crippen LogP contribution in [0, 0.1) is 5.92 Å². The number of methoxy groups -OCH3 is 2. The molecule has 138 valence electrons. The Kier molecular flexibility index (Phi) is 6.64. The fourth-order valence-electron chi connectivity index (χ4n) is 3.36. The molecule has 2 rings (SSSR count). The molecule has 2 N–H and O–H groups in total. The van der Waals surface area contributed by atoms with Crippen molar-refractivity contribution in [2.45, 2.75) is 25.8 Å². The van der Waals surface area contributed by atoms with Gasteiger partial charge in [-0.3, -0.25) is 9.59 Å². The first-order chi connectivity index (χ1) is 12.1. The minimum Gasteiger partial charge on any atom is -0.497 e. The Morgan fingerprint density at radius 1 is 1.36 bits per heavy atom. The summed E-state index contributed by atoms with van der Waals surface area (Å²) in [6, 6.07) is 4.99. The van der Waals surface area contributed by atoms with Crippen molar-refractivity contribution in [2.75, 3.05) is 33.9 Å². The molecule has 1 aliphatic heterocycles. The molecular formula is C18H26N2O5. The van der Waals surface area contributed by atoms with Crippen LogP contribution in [0.25, 0.3) is 0 Å². The third kappa shape index (κ3) is 4.04. The van der Waals surface area contributed by atoms with Gasteiger partial charge in [-0.15, -0.1) is 0 Å². The first kappa shape index (κ1) is 19.1. The number of nitrogens with zero attached hydrogens (tertiary/aromatic N) is 1. The third-order valence-electron chi connectivity index (χ3n) is 4.55. The average Bonchev–Trinajstić information content (AvgIpc) is 2.65. The van der Waals surface area contributed by atoms with Gasteiger partial charge in [-0.2, -0.15) is 0 Å². The van der Waals surface area contributed by atoms with Gasteiger partial charge in [-0.05, 0) is 25.5 Å². The number of ether oxygens (including phenoxy) is 2. The van der Waals surface area contributed by atoms with Crippen LogP contribution in [0.15, 0.2) is 18.2 Å². The summed E-state index contributed by atoms with van der Waals surface area (Å²) in [5, 5.41) is 11.7. The summed E-state index contributed by atoms with van der Waals surface area (Å²) >= 11 is 0. The normalized spacial score (nSPS) is 20.3. The number of hydrogen-bond donors (Lipinski definition) is 2. The first-order valence-corrected chi connectivity index (χ1v) is 8.47. The zero-order chi connectivity index (χ0) is 18.4. The molecule has 0 bridgehead atoms. The van der Waals surface area contributed by atoms with E-state index in [0.717, 1.165) is 5.56 Å². The Hall–Kier alpha value is -2.28. The van der Waals surface area contributed by atoms with Gasteiger partial charge in [0.2, 0.25) is 11.8 Å². The second-order valence-corrected chi connectivity index (χ2v) is 5.89. The molecule has 7 heteroatoms. The molecule has 7 nitrogen and oxygen atoms in total. The third-order valence-corrected chi connectivity index (χ3v) is 4.55. The van der Waals surface area contributed by atoms with Crippen LogP contribution < -0.4 is 14.8 Å². The van der Waals surface area contributed by atoms with E-state index in [-0.39, 0.29) is 25.0 Å². The van der Waals surface area contributed by atoms with Crippen molar-refractivity contribution in [2.24, 2.45) is 5.92 Å². The van der Waals surface area contributed by atoms with E-state index in [1.165, 1.54) is 0 Å². The van der Waals surface area contributed by atoms with Gasteiger partial charge >= 0.3 is 0 Å². The molecule has 0 radical (unpaired) electrons. The van der Waals surface area contributed by atoms with Crippen LogP contribution in [0.3, 0.4) is 0 Å². The zero-order valence-electron chi connectivity index (χ0n) is 14.9. The van der Waals surface area contributed by atoms with E-state index in [2.05, 4.69) is 5.32 Å². The monoisotopic (exact) mass is 350 g/mol. The van der Waals surface area contributed by atoms with Crippen molar-refractivity contribution in [3.63, 3.8) is 0 Å². The summed E-state index contributed by atoms with van der Waals surface area (Å²) in [5.41, 5.74) is 0.780. The maximum atomic E-state index is 12.6. The number of nitrogens with one attached hydrogen (secondary N) is 1. The standard InChI is InChI=1S/C18H26N2O5/c1-4-20-16(22)8-7-14(18(23)19-9-10-21)17(20)13-6-5-12(24-2)11-15(13)25-3/h5-6,11,14,17,21H,4,7-10H2,1-3H3,(H,19,23)/t14-,17+/m1/s1. The van der Waals surface area contributed by atoms with Gasteiger partial charge in [0.05, 0.1) is 32.8 Å². The lowest BCUT2D eigenvalue weighted by Gasteiger charge is -2.40. The molecule has 0 aromatic heterocycles. The minimum absolute atomic E-state index is 0.0246. The van der Waals surface area contributed by atoms with Crippen LogP contribution in [0.1, 0.15) is 31.4 Å². The summed E-state index contributed by atoms with van der Waals surface area (Å²) in [7, 11) is 3.13. The summed E-state index contributed by atoms with van der Waals surface area (Å²) in [5.74, 6) is 0.690. The number of rotatable bonds is 7. The van der Waals surface area contributed by atoms with E-state index in [1.54, 1.807) is 31.3 Å². The van der Waals surface area contributed by atoms with E-state index in [9.17, 15) is 9.59 Å². The number of benzene rings is 1. The second kappa shape index (κ2) is 8.71. The maximum Gasteiger partial charge on any atom is 0.225 e. The molecule has 1 fully saturated rings. The molecule has 0 saturated carbocycles. The second-order valence-electron chi connectivity index (χ2n) is 5.89. The lowest BCUT2D eigenvalue weighted by Crippen LogP contribution is -2.48. The lowest BCUT2D eigenvalue weighted by atomic mass is 9.83. The molecule has 0 unspecified atom stereocenters. The fourth-order valence-corrected chi connectivity index (χ4v) is 3.36. The largest absolute Gasteiger partial charge is 0.497 e. The molecule has 0 aliphatic carbocycles. The smallest absolute Gasteiger partial charge is 0.225 e. The van der Waals surface area contributed by atoms with E-state index in [1.807, 2.05) is 13.0 Å². The number of carbonyl (C=O) groups is 2. The van der Waals surface area contributed by atoms with Gasteiger partial charge in [0.15, 0.2) is 0 Å². The van der Waals surface area contributed by atoms with Crippen molar-refractivity contribution in [1.29, 1.82) is 0 Å². The molecule has 1 aromatic carbocycles. The van der Waals surface area contributed by atoms with E-state index < -0.39 is 12.0 Å². The number of likely N-dealkylation sites (tertiary alicyclic amines) is 1. The van der Waals surface area contributed by atoms with Crippen molar-refractivity contribution in [3.05, 3.63) is 23.8 Å². The van der Waals surface area contributed by atoms with Crippen LogP contribution in [-0.2, 0) is 9.59 Å². The number of aliphatic hydroxyl groups is 1. The molecular weight excluding hydrogens is 324 g/mol. The minimum atomic E-state index is -0.411. The highest BCUT2D eigenvalue weighted by atomic mass is 16.5. The Bertz CT molecular complexity index is 619. The van der Waals surface area contributed by atoms with Crippen LogP contribution in [-0.4, -0.2) is 55.7 Å². The number of carbonyl (C=O) groups excluding carboxylic acids is 2. The molecule has 25 heavy (non-hydrogen) atoms. The predicted molar refractivity (Wildman–Crippen MR) is 92.5 cm³/mol. The van der Waals surface area contributed by atoms with Crippen molar-refractivity contribution >= 4 is 11.8 Å². The van der Waals surface area contributed by atoms with Crippen molar-refractivity contribution < 1.29 is 24.2 Å². The van der Waals surface area contributed by atoms with Crippen LogP contribution >= 0.6 is 0 Å². The van der Waals surface area contributed by atoms with Crippen molar-refractivity contribution in [3.8, 4) is 11.5 Å². The highest BCUT2D eigenvalue weighted by Crippen LogP contribution is 2.41. The molecule has 0 spiro atoms. The van der Waals surface area contributed by atoms with Gasteiger partial charge in [0.1, 0.15) is 11.5 Å². The summed E-state index contributed by atoms with van der Waals surface area (Å²) in [6.45, 7) is 2.48. The molecule has 1 aromatic rings. The van der Waals surface area contributed by atoms with E-state index in [0.29, 0.717) is 30.9 Å².